The predicted molar refractivity (Wildman–Crippen MR) is 69.4 cm³/mol. The Morgan fingerprint density at radius 2 is 2.00 bits per heavy atom. The molecule has 1 saturated heterocycles. The Morgan fingerprint density at radius 3 is 2.60 bits per heavy atom. The fourth-order valence-corrected chi connectivity index (χ4v) is 2.10. The van der Waals surface area contributed by atoms with E-state index in [9.17, 15) is 18.4 Å². The molecule has 1 aromatic carbocycles. The van der Waals surface area contributed by atoms with Crippen LogP contribution < -0.4 is 10.6 Å². The number of benzene rings is 1. The summed E-state index contributed by atoms with van der Waals surface area (Å²) < 4.78 is 27.3. The van der Waals surface area contributed by atoms with Crippen LogP contribution in [0.25, 0.3) is 0 Å². The third-order valence-electron chi connectivity index (χ3n) is 3.09. The Hall–Kier alpha value is -2.18. The second-order valence-electron chi connectivity index (χ2n) is 4.50. The zero-order valence-corrected chi connectivity index (χ0v) is 11.0. The first-order valence-electron chi connectivity index (χ1n) is 6.25. The van der Waals surface area contributed by atoms with E-state index in [0.29, 0.717) is 19.5 Å². The second kappa shape index (κ2) is 5.85. The standard InChI is InChI=1S/C13H15F2N3O2/c1-16-12-9(14)5-8(6-10(12)15)13(20)18-4-2-3-17-11(19)7-18/h5-6,16H,2-4,7H2,1H3,(H,17,19). The van der Waals surface area contributed by atoms with Crippen molar-refractivity contribution in [3.63, 3.8) is 0 Å². The smallest absolute Gasteiger partial charge is 0.254 e. The number of amides is 2. The van der Waals surface area contributed by atoms with E-state index in [1.54, 1.807) is 0 Å². The first kappa shape index (κ1) is 14.2. The van der Waals surface area contributed by atoms with Gasteiger partial charge in [0.1, 0.15) is 17.3 Å². The number of hydrogen-bond donors (Lipinski definition) is 2. The highest BCUT2D eigenvalue weighted by Crippen LogP contribution is 2.21. The maximum Gasteiger partial charge on any atom is 0.254 e. The molecule has 108 valence electrons. The molecule has 0 saturated carbocycles. The van der Waals surface area contributed by atoms with Crippen LogP contribution >= 0.6 is 0 Å². The van der Waals surface area contributed by atoms with Crippen LogP contribution in [0.15, 0.2) is 12.1 Å². The molecule has 2 N–H and O–H groups in total. The lowest BCUT2D eigenvalue weighted by molar-refractivity contribution is -0.121. The Bertz CT molecular complexity index is 525. The van der Waals surface area contributed by atoms with Gasteiger partial charge in [0.25, 0.3) is 5.91 Å². The van der Waals surface area contributed by atoms with Gasteiger partial charge >= 0.3 is 0 Å². The topological polar surface area (TPSA) is 61.4 Å². The SMILES string of the molecule is CNc1c(F)cc(C(=O)N2CCCNC(=O)C2)cc1F. The fraction of sp³-hybridized carbons (Fsp3) is 0.385. The van der Waals surface area contributed by atoms with E-state index in [2.05, 4.69) is 10.6 Å². The van der Waals surface area contributed by atoms with Crippen molar-refractivity contribution >= 4 is 17.5 Å². The van der Waals surface area contributed by atoms with Crippen LogP contribution in [0, 0.1) is 11.6 Å². The molecule has 0 unspecified atom stereocenters. The summed E-state index contributed by atoms with van der Waals surface area (Å²) in [6.45, 7) is 0.758. The minimum atomic E-state index is -0.838. The quantitative estimate of drug-likeness (QED) is 0.850. The summed E-state index contributed by atoms with van der Waals surface area (Å²) in [6, 6.07) is 1.94. The molecule has 0 spiro atoms. The highest BCUT2D eigenvalue weighted by molar-refractivity contribution is 5.97. The number of carbonyl (C=O) groups is 2. The third kappa shape index (κ3) is 2.87. The van der Waals surface area contributed by atoms with E-state index in [4.69, 9.17) is 0 Å². The number of carbonyl (C=O) groups excluding carboxylic acids is 2. The third-order valence-corrected chi connectivity index (χ3v) is 3.09. The lowest BCUT2D eigenvalue weighted by atomic mass is 10.1. The van der Waals surface area contributed by atoms with Gasteiger partial charge in [0, 0.05) is 25.7 Å². The van der Waals surface area contributed by atoms with Crippen molar-refractivity contribution < 1.29 is 18.4 Å². The first-order chi connectivity index (χ1) is 9.52. The van der Waals surface area contributed by atoms with E-state index >= 15 is 0 Å². The molecule has 1 aliphatic rings. The predicted octanol–water partition coefficient (Wildman–Crippen LogP) is 0.969. The van der Waals surface area contributed by atoms with Crippen molar-refractivity contribution in [2.24, 2.45) is 0 Å². The number of nitrogens with one attached hydrogen (secondary N) is 2. The molecule has 20 heavy (non-hydrogen) atoms. The van der Waals surface area contributed by atoms with Crippen LogP contribution in [0.4, 0.5) is 14.5 Å². The van der Waals surface area contributed by atoms with E-state index in [1.807, 2.05) is 0 Å². The van der Waals surface area contributed by atoms with Crippen LogP contribution in [0.2, 0.25) is 0 Å². The summed E-state index contributed by atoms with van der Waals surface area (Å²) >= 11 is 0. The lowest BCUT2D eigenvalue weighted by Gasteiger charge is -2.19. The number of hydrogen-bond acceptors (Lipinski definition) is 3. The van der Waals surface area contributed by atoms with Gasteiger partial charge in [0.05, 0.1) is 6.54 Å². The maximum absolute atomic E-state index is 13.6. The first-order valence-corrected chi connectivity index (χ1v) is 6.25. The highest BCUT2D eigenvalue weighted by Gasteiger charge is 2.23. The number of rotatable bonds is 2. The van der Waals surface area contributed by atoms with E-state index in [0.717, 1.165) is 12.1 Å². The molecule has 1 aliphatic heterocycles. The number of nitrogens with zero attached hydrogens (tertiary/aromatic N) is 1. The van der Waals surface area contributed by atoms with E-state index in [-0.39, 0.29) is 23.7 Å². The normalized spacial score (nSPS) is 15.6. The molecule has 5 nitrogen and oxygen atoms in total. The van der Waals surface area contributed by atoms with Crippen molar-refractivity contribution in [2.45, 2.75) is 6.42 Å². The van der Waals surface area contributed by atoms with Crippen LogP contribution in [-0.4, -0.2) is 43.4 Å². The summed E-state index contributed by atoms with van der Waals surface area (Å²) in [4.78, 5) is 24.9. The van der Waals surface area contributed by atoms with Crippen LogP contribution in [-0.2, 0) is 4.79 Å². The van der Waals surface area contributed by atoms with Crippen molar-refractivity contribution in [1.82, 2.24) is 10.2 Å². The summed E-state index contributed by atoms with van der Waals surface area (Å²) in [5.74, 6) is -2.50. The van der Waals surface area contributed by atoms with Crippen molar-refractivity contribution in [3.8, 4) is 0 Å². The molecule has 0 bridgehead atoms. The van der Waals surface area contributed by atoms with Crippen molar-refractivity contribution in [2.75, 3.05) is 32.0 Å². The molecule has 0 aliphatic carbocycles. The molecule has 2 amide bonds. The Kier molecular flexibility index (Phi) is 4.16. The molecule has 0 atom stereocenters. The molecule has 7 heteroatoms. The molecular weight excluding hydrogens is 268 g/mol. The number of anilines is 1. The summed E-state index contributed by atoms with van der Waals surface area (Å²) in [7, 11) is 1.39. The van der Waals surface area contributed by atoms with E-state index < -0.39 is 17.5 Å². The molecular formula is C13H15F2N3O2. The van der Waals surface area contributed by atoms with Gasteiger partial charge in [-0.25, -0.2) is 8.78 Å². The van der Waals surface area contributed by atoms with Gasteiger partial charge < -0.3 is 15.5 Å². The highest BCUT2D eigenvalue weighted by atomic mass is 19.1. The van der Waals surface area contributed by atoms with Crippen LogP contribution in [0.1, 0.15) is 16.8 Å². The minimum Gasteiger partial charge on any atom is -0.383 e. The van der Waals surface area contributed by atoms with Crippen LogP contribution in [0.5, 0.6) is 0 Å². The fourth-order valence-electron chi connectivity index (χ4n) is 2.10. The zero-order chi connectivity index (χ0) is 14.7. The van der Waals surface area contributed by atoms with E-state index in [1.165, 1.54) is 11.9 Å². The largest absolute Gasteiger partial charge is 0.383 e. The zero-order valence-electron chi connectivity index (χ0n) is 11.0. The monoisotopic (exact) mass is 283 g/mol. The maximum atomic E-state index is 13.6. The average Bonchev–Trinajstić information content (AvgIpc) is 2.62. The molecule has 1 heterocycles. The number of halogens is 2. The Labute approximate surface area is 114 Å². The summed E-state index contributed by atoms with van der Waals surface area (Å²) in [5.41, 5.74) is -0.385. The summed E-state index contributed by atoms with van der Waals surface area (Å²) in [6.07, 6.45) is 0.608. The molecule has 1 aromatic rings. The van der Waals surface area contributed by atoms with Gasteiger partial charge in [0.15, 0.2) is 0 Å². The molecule has 1 fully saturated rings. The van der Waals surface area contributed by atoms with Gasteiger partial charge in [-0.1, -0.05) is 0 Å². The average molecular weight is 283 g/mol. The van der Waals surface area contributed by atoms with Gasteiger partial charge in [0.2, 0.25) is 5.91 Å². The molecule has 2 rings (SSSR count). The second-order valence-corrected chi connectivity index (χ2v) is 4.50. The van der Waals surface area contributed by atoms with Gasteiger partial charge in [-0.05, 0) is 18.6 Å². The van der Waals surface area contributed by atoms with Crippen LogP contribution in [0.3, 0.4) is 0 Å². The minimum absolute atomic E-state index is 0.101. The summed E-state index contributed by atoms with van der Waals surface area (Å²) in [5, 5.41) is 5.02. The van der Waals surface area contributed by atoms with Gasteiger partial charge in [-0.15, -0.1) is 0 Å². The molecule has 0 radical (unpaired) electrons. The lowest BCUT2D eigenvalue weighted by Crippen LogP contribution is -2.37. The van der Waals surface area contributed by atoms with Gasteiger partial charge in [-0.3, -0.25) is 9.59 Å². The van der Waals surface area contributed by atoms with Crippen molar-refractivity contribution in [1.29, 1.82) is 0 Å². The molecule has 0 aromatic heterocycles. The Morgan fingerprint density at radius 1 is 1.35 bits per heavy atom. The van der Waals surface area contributed by atoms with Crippen molar-refractivity contribution in [3.05, 3.63) is 29.3 Å². The Balaban J connectivity index is 2.26. The van der Waals surface area contributed by atoms with Gasteiger partial charge in [-0.2, -0.15) is 0 Å².